The predicted octanol–water partition coefficient (Wildman–Crippen LogP) is 1.85. The van der Waals surface area contributed by atoms with E-state index >= 15 is 0 Å². The average Bonchev–Trinajstić information content (AvgIpc) is 3.17. The average molecular weight is 267 g/mol. The predicted molar refractivity (Wildman–Crippen MR) is 73.9 cm³/mol. The molecule has 1 aliphatic rings. The van der Waals surface area contributed by atoms with Crippen molar-refractivity contribution < 1.29 is 9.32 Å². The van der Waals surface area contributed by atoms with Gasteiger partial charge in [-0.25, -0.2) is 0 Å². The number of hydrogen-bond donors (Lipinski definition) is 2. The van der Waals surface area contributed by atoms with Crippen molar-refractivity contribution >= 4 is 10.8 Å². The van der Waals surface area contributed by atoms with Crippen molar-refractivity contribution in [3.63, 3.8) is 0 Å². The minimum atomic E-state index is -0.913. The van der Waals surface area contributed by atoms with Crippen LogP contribution < -0.4 is 5.32 Å². The summed E-state index contributed by atoms with van der Waals surface area (Å²) in [6.07, 6.45) is 3.93. The van der Waals surface area contributed by atoms with Crippen molar-refractivity contribution in [2.45, 2.75) is 30.7 Å². The molecule has 2 rings (SSSR count). The van der Waals surface area contributed by atoms with Crippen molar-refractivity contribution in [1.29, 1.82) is 0 Å². The van der Waals surface area contributed by atoms with Crippen LogP contribution in [0.15, 0.2) is 29.2 Å². The lowest BCUT2D eigenvalue weighted by atomic mass is 10.1. The van der Waals surface area contributed by atoms with E-state index in [-0.39, 0.29) is 18.1 Å². The van der Waals surface area contributed by atoms with E-state index in [0.29, 0.717) is 0 Å². The molecular formula is C14H21NO2S. The molecule has 4 heteroatoms. The first-order valence-electron chi connectivity index (χ1n) is 6.34. The van der Waals surface area contributed by atoms with Gasteiger partial charge in [0.05, 0.1) is 0 Å². The molecule has 0 amide bonds. The molecule has 1 aromatic carbocycles. The Bertz CT molecular complexity index is 426. The lowest BCUT2D eigenvalue weighted by molar-refractivity contribution is 0.204. The zero-order valence-corrected chi connectivity index (χ0v) is 11.8. The lowest BCUT2D eigenvalue weighted by Gasteiger charge is -2.18. The topological polar surface area (TPSA) is 49.3 Å². The molecule has 2 N–H and O–H groups in total. The maximum atomic E-state index is 11.3. The summed E-state index contributed by atoms with van der Waals surface area (Å²) in [5.74, 6) is 0. The number of benzene rings is 1. The standard InChI is InChI=1S/C14H21NO2S/c1-11(15-9-14(10-16)7-8-14)12-3-5-13(6-4-12)18(2)17/h3-6,11,15-16H,7-10H2,1-2H3. The number of aliphatic hydroxyl groups is 1. The summed E-state index contributed by atoms with van der Waals surface area (Å²) in [6, 6.07) is 8.14. The Morgan fingerprint density at radius 3 is 2.44 bits per heavy atom. The van der Waals surface area contributed by atoms with Gasteiger partial charge in [-0.2, -0.15) is 0 Å². The summed E-state index contributed by atoms with van der Waals surface area (Å²) >= 11 is 0. The molecule has 2 unspecified atom stereocenters. The van der Waals surface area contributed by atoms with Gasteiger partial charge >= 0.3 is 0 Å². The number of hydrogen-bond acceptors (Lipinski definition) is 3. The zero-order chi connectivity index (χ0) is 13.2. The van der Waals surface area contributed by atoms with E-state index in [2.05, 4.69) is 12.2 Å². The summed E-state index contributed by atoms with van der Waals surface area (Å²) in [6.45, 7) is 3.26. The highest BCUT2D eigenvalue weighted by Gasteiger charge is 2.41. The van der Waals surface area contributed by atoms with Crippen molar-refractivity contribution in [2.24, 2.45) is 5.41 Å². The van der Waals surface area contributed by atoms with Crippen LogP contribution in [-0.2, 0) is 10.8 Å². The largest absolute Gasteiger partial charge is 0.396 e. The number of rotatable bonds is 6. The van der Waals surface area contributed by atoms with Gasteiger partial charge in [0.15, 0.2) is 0 Å². The van der Waals surface area contributed by atoms with E-state index in [1.807, 2.05) is 24.3 Å². The highest BCUT2D eigenvalue weighted by molar-refractivity contribution is 7.84. The van der Waals surface area contributed by atoms with Gasteiger partial charge in [0.25, 0.3) is 0 Å². The first-order chi connectivity index (χ1) is 8.56. The fourth-order valence-electron chi connectivity index (χ4n) is 2.00. The monoisotopic (exact) mass is 267 g/mol. The summed E-state index contributed by atoms with van der Waals surface area (Å²) in [7, 11) is -0.913. The van der Waals surface area contributed by atoms with Crippen molar-refractivity contribution in [1.82, 2.24) is 5.32 Å². The molecule has 18 heavy (non-hydrogen) atoms. The fourth-order valence-corrected chi connectivity index (χ4v) is 2.52. The molecule has 0 radical (unpaired) electrons. The molecule has 3 nitrogen and oxygen atoms in total. The van der Waals surface area contributed by atoms with Gasteiger partial charge in [0.1, 0.15) is 0 Å². The van der Waals surface area contributed by atoms with Gasteiger partial charge in [-0.15, -0.1) is 0 Å². The quantitative estimate of drug-likeness (QED) is 0.827. The smallest absolute Gasteiger partial charge is 0.0499 e. The minimum Gasteiger partial charge on any atom is -0.396 e. The molecule has 0 saturated heterocycles. The second kappa shape index (κ2) is 5.51. The molecule has 1 saturated carbocycles. The van der Waals surface area contributed by atoms with Crippen LogP contribution >= 0.6 is 0 Å². The summed E-state index contributed by atoms with van der Waals surface area (Å²) < 4.78 is 11.3. The first kappa shape index (κ1) is 13.7. The van der Waals surface area contributed by atoms with Gasteiger partial charge in [-0.3, -0.25) is 4.21 Å². The van der Waals surface area contributed by atoms with Gasteiger partial charge in [-0.1, -0.05) is 12.1 Å². The molecule has 0 aliphatic heterocycles. The highest BCUT2D eigenvalue weighted by Crippen LogP contribution is 2.44. The van der Waals surface area contributed by atoms with E-state index < -0.39 is 10.8 Å². The van der Waals surface area contributed by atoms with Crippen molar-refractivity contribution in [2.75, 3.05) is 19.4 Å². The minimum absolute atomic E-state index is 0.138. The third-order valence-corrected chi connectivity index (χ3v) is 4.72. The van der Waals surface area contributed by atoms with Gasteiger partial charge in [-0.05, 0) is 37.5 Å². The zero-order valence-electron chi connectivity index (χ0n) is 11.0. The Labute approximate surface area is 111 Å². The maximum absolute atomic E-state index is 11.3. The van der Waals surface area contributed by atoms with E-state index in [0.717, 1.165) is 24.3 Å². The van der Waals surface area contributed by atoms with Crippen LogP contribution in [0.4, 0.5) is 0 Å². The SMILES string of the molecule is CC(NCC1(CO)CC1)c1ccc(S(C)=O)cc1. The molecule has 1 aromatic rings. The Kier molecular flexibility index (Phi) is 4.20. The fraction of sp³-hybridized carbons (Fsp3) is 0.571. The Morgan fingerprint density at radius 2 is 2.00 bits per heavy atom. The van der Waals surface area contributed by atoms with Crippen LogP contribution in [0.25, 0.3) is 0 Å². The van der Waals surface area contributed by atoms with Crippen LogP contribution in [0.5, 0.6) is 0 Å². The molecule has 1 fully saturated rings. The highest BCUT2D eigenvalue weighted by atomic mass is 32.2. The lowest BCUT2D eigenvalue weighted by Crippen LogP contribution is -2.28. The van der Waals surface area contributed by atoms with E-state index in [1.54, 1.807) is 6.26 Å². The summed E-state index contributed by atoms with van der Waals surface area (Å²) in [5, 5.41) is 12.7. The molecule has 0 spiro atoms. The second-order valence-electron chi connectivity index (χ2n) is 5.28. The van der Waals surface area contributed by atoms with Crippen LogP contribution in [0.3, 0.4) is 0 Å². The molecule has 2 atom stereocenters. The molecule has 100 valence electrons. The van der Waals surface area contributed by atoms with Gasteiger partial charge in [0, 0.05) is 46.6 Å². The van der Waals surface area contributed by atoms with Crippen LogP contribution in [-0.4, -0.2) is 28.7 Å². The normalized spacial score (nSPS) is 20.4. The second-order valence-corrected chi connectivity index (χ2v) is 6.66. The van der Waals surface area contributed by atoms with Gasteiger partial charge in [0.2, 0.25) is 0 Å². The third-order valence-electron chi connectivity index (χ3n) is 3.79. The van der Waals surface area contributed by atoms with E-state index in [9.17, 15) is 9.32 Å². The third kappa shape index (κ3) is 3.19. The Balaban J connectivity index is 1.92. The van der Waals surface area contributed by atoms with Crippen LogP contribution in [0, 0.1) is 5.41 Å². The van der Waals surface area contributed by atoms with E-state index in [4.69, 9.17) is 0 Å². The van der Waals surface area contributed by atoms with Gasteiger partial charge < -0.3 is 10.4 Å². The van der Waals surface area contributed by atoms with E-state index in [1.165, 1.54) is 5.56 Å². The Morgan fingerprint density at radius 1 is 1.39 bits per heavy atom. The molecular weight excluding hydrogens is 246 g/mol. The summed E-state index contributed by atoms with van der Waals surface area (Å²) in [5.41, 5.74) is 1.33. The number of nitrogens with one attached hydrogen (secondary N) is 1. The molecule has 0 heterocycles. The van der Waals surface area contributed by atoms with Crippen molar-refractivity contribution in [3.8, 4) is 0 Å². The number of aliphatic hydroxyl groups excluding tert-OH is 1. The van der Waals surface area contributed by atoms with Crippen LogP contribution in [0.1, 0.15) is 31.4 Å². The summed E-state index contributed by atoms with van der Waals surface area (Å²) in [4.78, 5) is 0.861. The maximum Gasteiger partial charge on any atom is 0.0499 e. The first-order valence-corrected chi connectivity index (χ1v) is 7.90. The Hall–Kier alpha value is -0.710. The molecule has 0 aromatic heterocycles. The molecule has 0 bridgehead atoms. The molecule has 1 aliphatic carbocycles. The van der Waals surface area contributed by atoms with Crippen LogP contribution in [0.2, 0.25) is 0 Å². The van der Waals surface area contributed by atoms with Crippen molar-refractivity contribution in [3.05, 3.63) is 29.8 Å².